The maximum absolute atomic E-state index is 12.0. The molecule has 1 saturated heterocycles. The van der Waals surface area contributed by atoms with Gasteiger partial charge in [-0.3, -0.25) is 4.68 Å². The van der Waals surface area contributed by atoms with E-state index in [-0.39, 0.29) is 6.03 Å². The van der Waals surface area contributed by atoms with Gasteiger partial charge in [0.1, 0.15) is 0 Å². The van der Waals surface area contributed by atoms with Crippen molar-refractivity contribution in [3.63, 3.8) is 0 Å². The lowest BCUT2D eigenvalue weighted by Crippen LogP contribution is -2.43. The van der Waals surface area contributed by atoms with Crippen LogP contribution in [0.15, 0.2) is 36.5 Å². The van der Waals surface area contributed by atoms with Crippen molar-refractivity contribution in [3.05, 3.63) is 42.1 Å². The van der Waals surface area contributed by atoms with E-state index in [0.717, 1.165) is 37.2 Å². The molecule has 0 atom stereocenters. The molecule has 1 aliphatic rings. The van der Waals surface area contributed by atoms with Crippen LogP contribution in [0.5, 0.6) is 0 Å². The molecule has 0 radical (unpaired) electrons. The summed E-state index contributed by atoms with van der Waals surface area (Å²) in [6.45, 7) is 2.84. The van der Waals surface area contributed by atoms with Gasteiger partial charge < -0.3 is 10.2 Å². The van der Waals surface area contributed by atoms with Gasteiger partial charge >= 0.3 is 6.03 Å². The molecule has 6 nitrogen and oxygen atoms in total. The van der Waals surface area contributed by atoms with E-state index in [2.05, 4.69) is 16.5 Å². The largest absolute Gasteiger partial charge is 0.336 e. The lowest BCUT2D eigenvalue weighted by Gasteiger charge is -2.26. The van der Waals surface area contributed by atoms with E-state index in [4.69, 9.17) is 0 Å². The highest BCUT2D eigenvalue weighted by Crippen LogP contribution is 2.20. The van der Waals surface area contributed by atoms with Gasteiger partial charge in [-0.15, -0.1) is 0 Å². The lowest BCUT2D eigenvalue weighted by atomic mass is 10.1. The number of amides is 2. The van der Waals surface area contributed by atoms with E-state index < -0.39 is 0 Å². The Labute approximate surface area is 141 Å². The van der Waals surface area contributed by atoms with Crippen LogP contribution in [0, 0.1) is 11.3 Å². The number of piperidine rings is 1. The monoisotopic (exact) mass is 323 g/mol. The summed E-state index contributed by atoms with van der Waals surface area (Å²) < 4.78 is 1.79. The highest BCUT2D eigenvalue weighted by molar-refractivity contribution is 5.74. The van der Waals surface area contributed by atoms with E-state index in [9.17, 15) is 10.1 Å². The second-order valence-electron chi connectivity index (χ2n) is 5.90. The third-order valence-electron chi connectivity index (χ3n) is 4.22. The number of aromatic nitrogens is 2. The summed E-state index contributed by atoms with van der Waals surface area (Å²) in [5, 5.41) is 16.6. The fourth-order valence-corrected chi connectivity index (χ4v) is 2.92. The van der Waals surface area contributed by atoms with Crippen LogP contribution >= 0.6 is 0 Å². The molecule has 0 aliphatic carbocycles. The number of hydrogen-bond donors (Lipinski definition) is 1. The van der Waals surface area contributed by atoms with Gasteiger partial charge in [-0.05, 0) is 31.4 Å². The zero-order valence-electron chi connectivity index (χ0n) is 13.6. The molecule has 0 unspecified atom stereocenters. The fourth-order valence-electron chi connectivity index (χ4n) is 2.92. The molecule has 1 N–H and O–H groups in total. The minimum Gasteiger partial charge on any atom is -0.336 e. The van der Waals surface area contributed by atoms with Crippen LogP contribution < -0.4 is 5.32 Å². The Bertz CT molecular complexity index is 740. The first kappa shape index (κ1) is 16.1. The average molecular weight is 323 g/mol. The fraction of sp³-hybridized carbons (Fsp3) is 0.389. The number of rotatable bonds is 4. The topological polar surface area (TPSA) is 74.0 Å². The summed E-state index contributed by atoms with van der Waals surface area (Å²) in [4.78, 5) is 13.9. The third kappa shape index (κ3) is 3.74. The quantitative estimate of drug-likeness (QED) is 0.940. The highest BCUT2D eigenvalue weighted by Gasteiger charge is 2.15. The Balaban J connectivity index is 1.55. The van der Waals surface area contributed by atoms with Crippen molar-refractivity contribution in [3.8, 4) is 17.3 Å². The van der Waals surface area contributed by atoms with Crippen molar-refractivity contribution < 1.29 is 4.79 Å². The summed E-state index contributed by atoms with van der Waals surface area (Å²) in [5.41, 5.74) is 2.21. The number of hydrogen-bond acceptors (Lipinski definition) is 3. The first-order valence-corrected chi connectivity index (χ1v) is 8.33. The van der Waals surface area contributed by atoms with Crippen molar-refractivity contribution in [2.75, 3.05) is 19.6 Å². The molecular formula is C18H21N5O. The van der Waals surface area contributed by atoms with Gasteiger partial charge in [0.05, 0.1) is 23.9 Å². The van der Waals surface area contributed by atoms with Crippen LogP contribution in [0.2, 0.25) is 0 Å². The Hall–Kier alpha value is -2.81. The van der Waals surface area contributed by atoms with E-state index in [1.54, 1.807) is 10.7 Å². The molecular weight excluding hydrogens is 302 g/mol. The normalized spacial score (nSPS) is 14.2. The zero-order chi connectivity index (χ0) is 16.8. The van der Waals surface area contributed by atoms with Gasteiger partial charge in [0.15, 0.2) is 0 Å². The maximum Gasteiger partial charge on any atom is 0.317 e. The molecule has 1 aromatic heterocycles. The standard InChI is InChI=1S/C18H21N5O/c19-14-15-6-2-3-7-16(15)17-8-12-23(21-17)13-9-20-18(24)22-10-4-1-5-11-22/h2-3,6-8,12H,1,4-5,9-11,13H2,(H,20,24). The lowest BCUT2D eigenvalue weighted by molar-refractivity contribution is 0.186. The van der Waals surface area contributed by atoms with Crippen LogP contribution in [-0.2, 0) is 6.54 Å². The Morgan fingerprint density at radius 2 is 2.00 bits per heavy atom. The number of nitrogens with one attached hydrogen (secondary N) is 1. The van der Waals surface area contributed by atoms with Crippen LogP contribution in [0.3, 0.4) is 0 Å². The van der Waals surface area contributed by atoms with Gasteiger partial charge in [0.2, 0.25) is 0 Å². The van der Waals surface area contributed by atoms with E-state index in [0.29, 0.717) is 18.7 Å². The first-order chi connectivity index (χ1) is 11.8. The van der Waals surface area contributed by atoms with Crippen molar-refractivity contribution >= 4 is 6.03 Å². The smallest absolute Gasteiger partial charge is 0.317 e. The summed E-state index contributed by atoms with van der Waals surface area (Å²) in [5.74, 6) is 0. The van der Waals surface area contributed by atoms with Gasteiger partial charge in [-0.25, -0.2) is 4.79 Å². The second-order valence-corrected chi connectivity index (χ2v) is 5.90. The summed E-state index contributed by atoms with van der Waals surface area (Å²) in [7, 11) is 0. The molecule has 2 amide bonds. The number of carbonyl (C=O) groups is 1. The van der Waals surface area contributed by atoms with Crippen LogP contribution in [0.25, 0.3) is 11.3 Å². The second kappa shape index (κ2) is 7.64. The Morgan fingerprint density at radius 1 is 1.21 bits per heavy atom. The number of urea groups is 1. The molecule has 2 aromatic rings. The van der Waals surface area contributed by atoms with Gasteiger partial charge in [0, 0.05) is 31.4 Å². The molecule has 124 valence electrons. The molecule has 3 rings (SSSR count). The third-order valence-corrected chi connectivity index (χ3v) is 4.22. The minimum absolute atomic E-state index is 0.0110. The Kier molecular flexibility index (Phi) is 5.12. The van der Waals surface area contributed by atoms with E-state index in [1.165, 1.54) is 6.42 Å². The molecule has 2 heterocycles. The van der Waals surface area contributed by atoms with Crippen LogP contribution in [0.1, 0.15) is 24.8 Å². The molecule has 1 aliphatic heterocycles. The van der Waals surface area contributed by atoms with Crippen molar-refractivity contribution in [2.45, 2.75) is 25.8 Å². The number of nitrogens with zero attached hydrogens (tertiary/aromatic N) is 4. The number of carbonyl (C=O) groups excluding carboxylic acids is 1. The molecule has 1 fully saturated rings. The molecule has 24 heavy (non-hydrogen) atoms. The zero-order valence-corrected chi connectivity index (χ0v) is 13.6. The molecule has 0 saturated carbocycles. The number of benzene rings is 1. The highest BCUT2D eigenvalue weighted by atomic mass is 16.2. The van der Waals surface area contributed by atoms with Crippen LogP contribution in [-0.4, -0.2) is 40.3 Å². The SMILES string of the molecule is N#Cc1ccccc1-c1ccn(CCNC(=O)N2CCCCC2)n1. The average Bonchev–Trinajstić information content (AvgIpc) is 3.11. The molecule has 0 bridgehead atoms. The van der Waals surface area contributed by atoms with Gasteiger partial charge in [-0.1, -0.05) is 18.2 Å². The van der Waals surface area contributed by atoms with Gasteiger partial charge in [0.25, 0.3) is 0 Å². The predicted octanol–water partition coefficient (Wildman–Crippen LogP) is 2.62. The van der Waals surface area contributed by atoms with Gasteiger partial charge in [-0.2, -0.15) is 10.4 Å². The van der Waals surface area contributed by atoms with Crippen molar-refractivity contribution in [1.29, 1.82) is 5.26 Å². The van der Waals surface area contributed by atoms with Crippen LogP contribution in [0.4, 0.5) is 4.79 Å². The van der Waals surface area contributed by atoms with E-state index >= 15 is 0 Å². The summed E-state index contributed by atoms with van der Waals surface area (Å²) in [6, 6.07) is 11.5. The molecule has 0 spiro atoms. The molecule has 1 aromatic carbocycles. The first-order valence-electron chi connectivity index (χ1n) is 8.33. The van der Waals surface area contributed by atoms with Crippen molar-refractivity contribution in [2.24, 2.45) is 0 Å². The minimum atomic E-state index is 0.0110. The predicted molar refractivity (Wildman–Crippen MR) is 91.2 cm³/mol. The Morgan fingerprint density at radius 3 is 2.79 bits per heavy atom. The van der Waals surface area contributed by atoms with E-state index in [1.807, 2.05) is 35.4 Å². The van der Waals surface area contributed by atoms with Crippen molar-refractivity contribution in [1.82, 2.24) is 20.0 Å². The molecule has 6 heteroatoms. The number of likely N-dealkylation sites (tertiary alicyclic amines) is 1. The summed E-state index contributed by atoms with van der Waals surface area (Å²) >= 11 is 0. The summed E-state index contributed by atoms with van der Waals surface area (Å²) in [6.07, 6.45) is 5.27. The number of nitriles is 1. The maximum atomic E-state index is 12.0.